The van der Waals surface area contributed by atoms with Gasteiger partial charge in [-0.15, -0.1) is 21.8 Å². The average Bonchev–Trinajstić information content (AvgIpc) is 3.31. The van der Waals surface area contributed by atoms with Crippen LogP contribution in [0.4, 0.5) is 5.13 Å². The lowest BCUT2D eigenvalue weighted by atomic mass is 9.94. The third-order valence-corrected chi connectivity index (χ3v) is 6.28. The number of hydrogen-bond acceptors (Lipinski definition) is 5. The number of amides is 2. The summed E-state index contributed by atoms with van der Waals surface area (Å²) in [6, 6.07) is 6.73. The lowest BCUT2D eigenvalue weighted by molar-refractivity contribution is -0.143. The maximum absolute atomic E-state index is 12.7. The van der Waals surface area contributed by atoms with Gasteiger partial charge in [0.1, 0.15) is 11.0 Å². The van der Waals surface area contributed by atoms with Crippen LogP contribution in [-0.2, 0) is 9.59 Å². The summed E-state index contributed by atoms with van der Waals surface area (Å²) in [5, 5.41) is 12.7. The van der Waals surface area contributed by atoms with Crippen LogP contribution in [0, 0.1) is 5.41 Å². The van der Waals surface area contributed by atoms with Gasteiger partial charge in [0.25, 0.3) is 0 Å². The van der Waals surface area contributed by atoms with E-state index in [1.165, 1.54) is 11.3 Å². The van der Waals surface area contributed by atoms with Crippen LogP contribution in [-0.4, -0.2) is 45.4 Å². The van der Waals surface area contributed by atoms with Crippen LogP contribution in [0.1, 0.15) is 26.7 Å². The highest BCUT2D eigenvalue weighted by Gasteiger charge is 2.40. The lowest BCUT2D eigenvalue weighted by Gasteiger charge is -2.31. The summed E-state index contributed by atoms with van der Waals surface area (Å²) in [6.07, 6.45) is 1.41. The van der Waals surface area contributed by atoms with Gasteiger partial charge in [-0.2, -0.15) is 0 Å². The Balaban J connectivity index is 1.70. The highest BCUT2D eigenvalue weighted by molar-refractivity contribution is 7.18. The molecule has 1 N–H and O–H groups in total. The number of likely N-dealkylation sites (tertiary alicyclic amines) is 1. The molecule has 1 aromatic heterocycles. The first-order chi connectivity index (χ1) is 12.8. The number of alkyl halides is 1. The normalized spacial score (nSPS) is 17.2. The van der Waals surface area contributed by atoms with Crippen LogP contribution in [0.5, 0.6) is 0 Å². The summed E-state index contributed by atoms with van der Waals surface area (Å²) < 4.78 is 0. The Morgan fingerprint density at radius 3 is 2.67 bits per heavy atom. The first-order valence-electron chi connectivity index (χ1n) is 8.59. The number of nitrogens with zero attached hydrogens (tertiary/aromatic N) is 3. The molecule has 144 valence electrons. The number of nitrogens with one attached hydrogen (secondary N) is 1. The zero-order chi connectivity index (χ0) is 19.6. The molecule has 1 aromatic carbocycles. The fourth-order valence-electron chi connectivity index (χ4n) is 2.90. The molecule has 3 rings (SSSR count). The lowest BCUT2D eigenvalue weighted by Crippen LogP contribution is -2.48. The molecule has 0 aliphatic carbocycles. The van der Waals surface area contributed by atoms with E-state index in [0.29, 0.717) is 28.1 Å². The van der Waals surface area contributed by atoms with E-state index in [9.17, 15) is 9.59 Å². The summed E-state index contributed by atoms with van der Waals surface area (Å²) >= 11 is 13.1. The number of halogens is 2. The fourth-order valence-corrected chi connectivity index (χ4v) is 3.89. The molecular formula is C18H20Cl2N4O2S. The van der Waals surface area contributed by atoms with Gasteiger partial charge in [0.05, 0.1) is 5.41 Å². The summed E-state index contributed by atoms with van der Waals surface area (Å²) in [4.78, 5) is 27.0. The molecule has 1 atom stereocenters. The number of carbonyl (C=O) groups is 2. The van der Waals surface area contributed by atoms with Gasteiger partial charge in [-0.1, -0.05) is 35.1 Å². The largest absolute Gasteiger partial charge is 0.330 e. The first kappa shape index (κ1) is 20.0. The molecule has 2 heterocycles. The second-order valence-electron chi connectivity index (χ2n) is 7.08. The van der Waals surface area contributed by atoms with Gasteiger partial charge < -0.3 is 4.90 Å². The molecule has 1 unspecified atom stereocenters. The van der Waals surface area contributed by atoms with Gasteiger partial charge in [0.2, 0.25) is 16.9 Å². The quantitative estimate of drug-likeness (QED) is 0.731. The maximum Gasteiger partial charge on any atom is 0.249 e. The van der Waals surface area contributed by atoms with Crippen molar-refractivity contribution in [2.75, 3.05) is 17.7 Å². The van der Waals surface area contributed by atoms with Crippen molar-refractivity contribution in [2.24, 2.45) is 5.41 Å². The number of aromatic nitrogens is 2. The van der Waals surface area contributed by atoms with E-state index in [0.717, 1.165) is 12.0 Å². The van der Waals surface area contributed by atoms with Crippen LogP contribution < -0.4 is 5.32 Å². The third-order valence-electron chi connectivity index (χ3n) is 4.48. The SMILES string of the molecule is CC(C)(CCl)C(=O)N1CCCC1C(=O)Nc1nnc(-c2ccc(Cl)cc2)s1. The van der Waals surface area contributed by atoms with Gasteiger partial charge in [-0.05, 0) is 38.8 Å². The zero-order valence-electron chi connectivity index (χ0n) is 15.0. The van der Waals surface area contributed by atoms with E-state index in [2.05, 4.69) is 15.5 Å². The second kappa shape index (κ2) is 8.12. The Bertz CT molecular complexity index is 838. The van der Waals surface area contributed by atoms with Gasteiger partial charge in [0.15, 0.2) is 0 Å². The van der Waals surface area contributed by atoms with E-state index >= 15 is 0 Å². The maximum atomic E-state index is 12.7. The summed E-state index contributed by atoms with van der Waals surface area (Å²) in [7, 11) is 0. The Kier molecular flexibility index (Phi) is 6.03. The smallest absolute Gasteiger partial charge is 0.249 e. The van der Waals surface area contributed by atoms with E-state index in [-0.39, 0.29) is 17.7 Å². The zero-order valence-corrected chi connectivity index (χ0v) is 17.4. The topological polar surface area (TPSA) is 75.2 Å². The van der Waals surface area contributed by atoms with Crippen LogP contribution in [0.25, 0.3) is 10.6 Å². The predicted octanol–water partition coefficient (Wildman–Crippen LogP) is 4.05. The molecule has 9 heteroatoms. The molecule has 0 saturated carbocycles. The molecule has 0 spiro atoms. The van der Waals surface area contributed by atoms with Crippen molar-refractivity contribution in [1.82, 2.24) is 15.1 Å². The van der Waals surface area contributed by atoms with Crippen molar-refractivity contribution < 1.29 is 9.59 Å². The van der Waals surface area contributed by atoms with Gasteiger partial charge in [-0.3, -0.25) is 14.9 Å². The van der Waals surface area contributed by atoms with E-state index in [1.807, 2.05) is 12.1 Å². The molecule has 2 amide bonds. The standard InChI is InChI=1S/C18H20Cl2N4O2S/c1-18(2,10-19)16(26)24-9-3-4-13(24)14(25)21-17-23-22-15(27-17)11-5-7-12(20)8-6-11/h5-8,13H,3-4,9-10H2,1-2H3,(H,21,23,25). The Labute approximate surface area is 171 Å². The van der Waals surface area contributed by atoms with Crippen LogP contribution >= 0.6 is 34.5 Å². The van der Waals surface area contributed by atoms with Crippen molar-refractivity contribution in [1.29, 1.82) is 0 Å². The number of rotatable bonds is 5. The summed E-state index contributed by atoms with van der Waals surface area (Å²) in [5.41, 5.74) is 0.175. The Morgan fingerprint density at radius 2 is 2.00 bits per heavy atom. The Hall–Kier alpha value is -1.70. The molecule has 0 radical (unpaired) electrons. The molecule has 0 bridgehead atoms. The highest BCUT2D eigenvalue weighted by Crippen LogP contribution is 2.30. The fraction of sp³-hybridized carbons (Fsp3) is 0.444. The predicted molar refractivity (Wildman–Crippen MR) is 108 cm³/mol. The average molecular weight is 427 g/mol. The summed E-state index contributed by atoms with van der Waals surface area (Å²) in [5.74, 6) is -0.142. The van der Waals surface area contributed by atoms with Crippen molar-refractivity contribution in [3.63, 3.8) is 0 Å². The number of carbonyl (C=O) groups excluding carboxylic acids is 2. The number of hydrogen-bond donors (Lipinski definition) is 1. The van der Waals surface area contributed by atoms with Crippen molar-refractivity contribution in [3.8, 4) is 10.6 Å². The molecule has 6 nitrogen and oxygen atoms in total. The van der Waals surface area contributed by atoms with Crippen LogP contribution in [0.2, 0.25) is 5.02 Å². The first-order valence-corrected chi connectivity index (χ1v) is 10.3. The van der Waals surface area contributed by atoms with E-state index in [1.54, 1.807) is 30.9 Å². The third kappa shape index (κ3) is 4.42. The highest BCUT2D eigenvalue weighted by atomic mass is 35.5. The minimum atomic E-state index is -0.699. The van der Waals surface area contributed by atoms with Gasteiger partial charge in [0, 0.05) is 23.0 Å². The van der Waals surface area contributed by atoms with Crippen molar-refractivity contribution >= 4 is 51.5 Å². The van der Waals surface area contributed by atoms with Crippen LogP contribution in [0.15, 0.2) is 24.3 Å². The molecular weight excluding hydrogens is 407 g/mol. The monoisotopic (exact) mass is 426 g/mol. The van der Waals surface area contributed by atoms with Crippen LogP contribution in [0.3, 0.4) is 0 Å². The second-order valence-corrected chi connectivity index (χ2v) is 8.76. The van der Waals surface area contributed by atoms with Crippen molar-refractivity contribution in [2.45, 2.75) is 32.7 Å². The molecule has 1 aliphatic heterocycles. The Morgan fingerprint density at radius 1 is 1.30 bits per heavy atom. The van der Waals surface area contributed by atoms with Gasteiger partial charge in [-0.25, -0.2) is 0 Å². The van der Waals surface area contributed by atoms with E-state index in [4.69, 9.17) is 23.2 Å². The molecule has 27 heavy (non-hydrogen) atoms. The molecule has 1 aliphatic rings. The van der Waals surface area contributed by atoms with E-state index < -0.39 is 11.5 Å². The summed E-state index contributed by atoms with van der Waals surface area (Å²) in [6.45, 7) is 4.14. The number of benzene rings is 1. The molecule has 1 fully saturated rings. The minimum Gasteiger partial charge on any atom is -0.330 e. The van der Waals surface area contributed by atoms with Crippen molar-refractivity contribution in [3.05, 3.63) is 29.3 Å². The minimum absolute atomic E-state index is 0.103. The molecule has 1 saturated heterocycles. The number of anilines is 1. The molecule has 2 aromatic rings. The van der Waals surface area contributed by atoms with Gasteiger partial charge >= 0.3 is 0 Å².